The third kappa shape index (κ3) is 5.77. The predicted molar refractivity (Wildman–Crippen MR) is 123 cm³/mol. The molecule has 2 saturated heterocycles. The second kappa shape index (κ2) is 10.2. The molecule has 0 atom stereocenters. The van der Waals surface area contributed by atoms with E-state index in [2.05, 4.69) is 53.1 Å². The Morgan fingerprint density at radius 1 is 0.935 bits per heavy atom. The molecule has 2 fully saturated rings. The lowest BCUT2D eigenvalue weighted by Crippen LogP contribution is -3.28. The number of ether oxygens (including phenoxy) is 1. The number of quaternary nitrogens is 2. The van der Waals surface area contributed by atoms with Crippen LogP contribution in [-0.4, -0.2) is 76.8 Å². The Hall–Kier alpha value is -2.57. The van der Waals surface area contributed by atoms with Gasteiger partial charge in [-0.2, -0.15) is 0 Å². The first kappa shape index (κ1) is 21.7. The van der Waals surface area contributed by atoms with E-state index in [1.165, 1.54) is 21.7 Å². The third-order valence-corrected chi connectivity index (χ3v) is 6.67. The molecule has 0 spiro atoms. The maximum atomic E-state index is 12.9. The van der Waals surface area contributed by atoms with Gasteiger partial charge in [-0.25, -0.2) is 0 Å². The van der Waals surface area contributed by atoms with Crippen LogP contribution in [0.5, 0.6) is 5.75 Å². The highest BCUT2D eigenvalue weighted by atomic mass is 16.5. The Morgan fingerprint density at radius 3 is 2.26 bits per heavy atom. The van der Waals surface area contributed by atoms with Crippen LogP contribution in [0.3, 0.4) is 0 Å². The maximum absolute atomic E-state index is 12.9. The van der Waals surface area contributed by atoms with E-state index < -0.39 is 0 Å². The molecule has 2 aromatic rings. The van der Waals surface area contributed by atoms with Gasteiger partial charge in [0.15, 0.2) is 6.54 Å². The minimum Gasteiger partial charge on any atom is -0.497 e. The van der Waals surface area contributed by atoms with E-state index in [1.807, 2.05) is 12.1 Å². The molecule has 2 N–H and O–H groups in total. The van der Waals surface area contributed by atoms with Gasteiger partial charge in [-0.05, 0) is 31.2 Å². The number of aryl methyl sites for hydroxylation is 1. The molecular weight excluding hydrogens is 388 g/mol. The van der Waals surface area contributed by atoms with E-state index in [1.54, 1.807) is 12.0 Å². The lowest BCUT2D eigenvalue weighted by atomic mass is 10.1. The van der Waals surface area contributed by atoms with Crippen LogP contribution >= 0.6 is 0 Å². The van der Waals surface area contributed by atoms with Gasteiger partial charge in [0.2, 0.25) is 0 Å². The van der Waals surface area contributed by atoms with Gasteiger partial charge in [-0.1, -0.05) is 29.8 Å². The zero-order valence-electron chi connectivity index (χ0n) is 18.9. The first-order chi connectivity index (χ1) is 15.1. The second-order valence-electron chi connectivity index (χ2n) is 8.91. The van der Waals surface area contributed by atoms with Crippen molar-refractivity contribution in [3.8, 4) is 5.75 Å². The minimum absolute atomic E-state index is 0.312. The summed E-state index contributed by atoms with van der Waals surface area (Å²) < 4.78 is 5.24. The number of carbonyl (C=O) groups is 1. The van der Waals surface area contributed by atoms with Crippen molar-refractivity contribution in [3.05, 3.63) is 59.7 Å². The number of rotatable bonds is 6. The van der Waals surface area contributed by atoms with E-state index in [-0.39, 0.29) is 0 Å². The van der Waals surface area contributed by atoms with Crippen LogP contribution < -0.4 is 19.4 Å². The summed E-state index contributed by atoms with van der Waals surface area (Å²) in [4.78, 5) is 20.3. The molecule has 1 amide bonds. The van der Waals surface area contributed by atoms with E-state index in [0.717, 1.165) is 64.7 Å². The van der Waals surface area contributed by atoms with E-state index in [4.69, 9.17) is 4.74 Å². The predicted octanol–water partition coefficient (Wildman–Crippen LogP) is -0.364. The van der Waals surface area contributed by atoms with Crippen LogP contribution in [0.25, 0.3) is 0 Å². The number of anilines is 1. The number of amides is 1. The van der Waals surface area contributed by atoms with E-state index in [0.29, 0.717) is 12.5 Å². The van der Waals surface area contributed by atoms with E-state index >= 15 is 0 Å². The molecule has 0 aromatic heterocycles. The van der Waals surface area contributed by atoms with Crippen LogP contribution in [0.2, 0.25) is 0 Å². The standard InChI is InChI=1S/C25H34N4O2/c1-21-4-3-5-22(18-21)19-26-10-12-27(13-11-26)20-25(30)29-16-14-28(15-17-29)23-6-8-24(31-2)9-7-23/h3-9,18H,10-17,19-20H2,1-2H3/p+2. The lowest BCUT2D eigenvalue weighted by molar-refractivity contribution is -1.02. The zero-order valence-corrected chi connectivity index (χ0v) is 18.9. The van der Waals surface area contributed by atoms with Crippen LogP contribution in [0.15, 0.2) is 48.5 Å². The Morgan fingerprint density at radius 2 is 1.61 bits per heavy atom. The highest BCUT2D eigenvalue weighted by Gasteiger charge is 2.28. The fourth-order valence-corrected chi connectivity index (χ4v) is 4.75. The highest BCUT2D eigenvalue weighted by molar-refractivity contribution is 5.77. The summed E-state index contributed by atoms with van der Waals surface area (Å²) in [6.45, 7) is 11.7. The van der Waals surface area contributed by atoms with Crippen LogP contribution in [0.4, 0.5) is 5.69 Å². The summed E-state index contributed by atoms with van der Waals surface area (Å²) in [5.74, 6) is 1.19. The van der Waals surface area contributed by atoms with Gasteiger partial charge in [0.05, 0.1) is 7.11 Å². The van der Waals surface area contributed by atoms with Crippen molar-refractivity contribution >= 4 is 11.6 Å². The molecule has 4 rings (SSSR count). The van der Waals surface area contributed by atoms with Gasteiger partial charge in [0.25, 0.3) is 5.91 Å². The molecule has 0 unspecified atom stereocenters. The van der Waals surface area contributed by atoms with Crippen LogP contribution in [0, 0.1) is 6.92 Å². The van der Waals surface area contributed by atoms with Gasteiger partial charge < -0.3 is 24.3 Å². The Bertz CT molecular complexity index is 854. The summed E-state index contributed by atoms with van der Waals surface area (Å²) in [5.41, 5.74) is 3.95. The number of hydrogen-bond donors (Lipinski definition) is 2. The molecular formula is C25H36N4O2+2. The molecule has 0 aliphatic carbocycles. The Kier molecular flexibility index (Phi) is 7.10. The summed E-state index contributed by atoms with van der Waals surface area (Å²) in [6.07, 6.45) is 0. The number of nitrogens with zero attached hydrogens (tertiary/aromatic N) is 2. The summed E-state index contributed by atoms with van der Waals surface area (Å²) in [5, 5.41) is 0. The zero-order chi connectivity index (χ0) is 21.6. The molecule has 0 bridgehead atoms. The number of hydrogen-bond acceptors (Lipinski definition) is 3. The van der Waals surface area contributed by atoms with Crippen molar-refractivity contribution in [1.29, 1.82) is 0 Å². The molecule has 2 aliphatic heterocycles. The summed E-state index contributed by atoms with van der Waals surface area (Å²) in [7, 11) is 1.69. The van der Waals surface area contributed by atoms with Crippen molar-refractivity contribution in [2.45, 2.75) is 13.5 Å². The van der Waals surface area contributed by atoms with Gasteiger partial charge in [-0.3, -0.25) is 4.79 Å². The first-order valence-electron chi connectivity index (χ1n) is 11.5. The molecule has 6 nitrogen and oxygen atoms in total. The van der Waals surface area contributed by atoms with Gasteiger partial charge in [0, 0.05) is 37.4 Å². The number of carbonyl (C=O) groups excluding carboxylic acids is 1. The van der Waals surface area contributed by atoms with Crippen LogP contribution in [-0.2, 0) is 11.3 Å². The minimum atomic E-state index is 0.312. The molecule has 166 valence electrons. The van der Waals surface area contributed by atoms with Crippen molar-refractivity contribution in [2.24, 2.45) is 0 Å². The highest BCUT2D eigenvalue weighted by Crippen LogP contribution is 2.20. The topological polar surface area (TPSA) is 41.7 Å². The number of nitrogens with one attached hydrogen (secondary N) is 2. The first-order valence-corrected chi connectivity index (χ1v) is 11.5. The molecule has 2 aliphatic rings. The third-order valence-electron chi connectivity index (χ3n) is 6.67. The monoisotopic (exact) mass is 424 g/mol. The fourth-order valence-electron chi connectivity index (χ4n) is 4.75. The Labute approximate surface area is 186 Å². The average molecular weight is 425 g/mol. The van der Waals surface area contributed by atoms with Crippen molar-refractivity contribution in [2.75, 3.05) is 70.9 Å². The van der Waals surface area contributed by atoms with Gasteiger partial charge >= 0.3 is 0 Å². The van der Waals surface area contributed by atoms with Crippen molar-refractivity contribution < 1.29 is 19.3 Å². The average Bonchev–Trinajstić information content (AvgIpc) is 2.80. The summed E-state index contributed by atoms with van der Waals surface area (Å²) >= 11 is 0. The van der Waals surface area contributed by atoms with Gasteiger partial charge in [0.1, 0.15) is 38.5 Å². The largest absolute Gasteiger partial charge is 0.497 e. The quantitative estimate of drug-likeness (QED) is 0.665. The summed E-state index contributed by atoms with van der Waals surface area (Å²) in [6, 6.07) is 17.0. The molecule has 0 radical (unpaired) electrons. The number of benzene rings is 2. The number of piperazine rings is 2. The number of methoxy groups -OCH3 is 1. The molecule has 0 saturated carbocycles. The van der Waals surface area contributed by atoms with Crippen LogP contribution in [0.1, 0.15) is 11.1 Å². The lowest BCUT2D eigenvalue weighted by Gasteiger charge is -2.37. The molecule has 2 heterocycles. The SMILES string of the molecule is COc1ccc(N2CCN(C(=O)C[NH+]3CC[NH+](Cc4cccc(C)c4)CC3)CC2)cc1. The van der Waals surface area contributed by atoms with E-state index in [9.17, 15) is 4.79 Å². The fraction of sp³-hybridized carbons (Fsp3) is 0.480. The van der Waals surface area contributed by atoms with Gasteiger partial charge in [-0.15, -0.1) is 0 Å². The smallest absolute Gasteiger partial charge is 0.277 e. The maximum Gasteiger partial charge on any atom is 0.277 e. The molecule has 6 heteroatoms. The van der Waals surface area contributed by atoms with Crippen molar-refractivity contribution in [3.63, 3.8) is 0 Å². The normalized spacial score (nSPS) is 21.7. The second-order valence-corrected chi connectivity index (χ2v) is 8.91. The molecule has 2 aromatic carbocycles. The molecule has 31 heavy (non-hydrogen) atoms. The van der Waals surface area contributed by atoms with Crippen molar-refractivity contribution in [1.82, 2.24) is 4.90 Å². The Balaban J connectivity index is 1.19.